The maximum Gasteiger partial charge on any atom is 0.330 e. The lowest BCUT2D eigenvalue weighted by Gasteiger charge is -2.35. The van der Waals surface area contributed by atoms with Crippen LogP contribution in [0, 0.1) is 16.0 Å². The Labute approximate surface area is 118 Å². The Balaban J connectivity index is 1.77. The summed E-state index contributed by atoms with van der Waals surface area (Å²) >= 11 is 0. The summed E-state index contributed by atoms with van der Waals surface area (Å²) in [5.41, 5.74) is 0.118. The van der Waals surface area contributed by atoms with Crippen molar-refractivity contribution in [2.24, 2.45) is 13.0 Å². The zero-order valence-corrected chi connectivity index (χ0v) is 11.8. The molecule has 2 unspecified atom stereocenters. The molecule has 1 aromatic heterocycles. The summed E-state index contributed by atoms with van der Waals surface area (Å²) < 4.78 is 1.53. The van der Waals surface area contributed by atoms with Crippen molar-refractivity contribution in [1.82, 2.24) is 15.1 Å². The lowest BCUT2D eigenvalue weighted by atomic mass is 9.90. The van der Waals surface area contributed by atoms with Crippen molar-refractivity contribution in [3.8, 4) is 0 Å². The number of nitrogens with zero attached hydrogens (tertiary/aromatic N) is 4. The van der Waals surface area contributed by atoms with Crippen LogP contribution in [0.2, 0.25) is 0 Å². The van der Waals surface area contributed by atoms with Gasteiger partial charge in [0.1, 0.15) is 6.20 Å². The first kappa shape index (κ1) is 13.4. The molecule has 1 N–H and O–H groups in total. The smallest absolute Gasteiger partial charge is 0.330 e. The van der Waals surface area contributed by atoms with Crippen LogP contribution in [0.15, 0.2) is 6.20 Å². The molecule has 3 heterocycles. The van der Waals surface area contributed by atoms with Crippen molar-refractivity contribution in [1.29, 1.82) is 0 Å². The lowest BCUT2D eigenvalue weighted by molar-refractivity contribution is -0.384. The second-order valence-corrected chi connectivity index (χ2v) is 5.82. The van der Waals surface area contributed by atoms with Crippen molar-refractivity contribution >= 4 is 11.5 Å². The molecule has 2 saturated heterocycles. The van der Waals surface area contributed by atoms with Gasteiger partial charge in [0.2, 0.25) is 5.82 Å². The molecule has 2 aliphatic heterocycles. The SMILES string of the molecule is Cn1cc([N+](=O)[O-])c(N2CCCC(C3CCCN3)C2)n1. The van der Waals surface area contributed by atoms with Crippen molar-refractivity contribution in [2.45, 2.75) is 31.7 Å². The Bertz CT molecular complexity index is 495. The highest BCUT2D eigenvalue weighted by Gasteiger charge is 2.32. The highest BCUT2D eigenvalue weighted by Crippen LogP contribution is 2.32. The van der Waals surface area contributed by atoms with Gasteiger partial charge in [0, 0.05) is 26.2 Å². The van der Waals surface area contributed by atoms with Crippen LogP contribution < -0.4 is 10.2 Å². The van der Waals surface area contributed by atoms with E-state index in [9.17, 15) is 10.1 Å². The van der Waals surface area contributed by atoms with Crippen LogP contribution in [0.4, 0.5) is 11.5 Å². The zero-order chi connectivity index (χ0) is 14.1. The summed E-state index contributed by atoms with van der Waals surface area (Å²) in [5.74, 6) is 1.10. The zero-order valence-electron chi connectivity index (χ0n) is 11.8. The van der Waals surface area contributed by atoms with E-state index in [1.54, 1.807) is 7.05 Å². The molecule has 0 bridgehead atoms. The molecule has 110 valence electrons. The fraction of sp³-hybridized carbons (Fsp3) is 0.769. The van der Waals surface area contributed by atoms with Crippen molar-refractivity contribution in [3.63, 3.8) is 0 Å². The minimum absolute atomic E-state index is 0.118. The Morgan fingerprint density at radius 1 is 1.45 bits per heavy atom. The minimum Gasteiger partial charge on any atom is -0.349 e. The predicted molar refractivity (Wildman–Crippen MR) is 75.8 cm³/mol. The van der Waals surface area contributed by atoms with Gasteiger partial charge in [-0.25, -0.2) is 0 Å². The number of piperidine rings is 1. The van der Waals surface area contributed by atoms with Gasteiger partial charge in [0.15, 0.2) is 0 Å². The van der Waals surface area contributed by atoms with Gasteiger partial charge in [-0.15, -0.1) is 5.10 Å². The van der Waals surface area contributed by atoms with E-state index < -0.39 is 0 Å². The molecule has 20 heavy (non-hydrogen) atoms. The van der Waals surface area contributed by atoms with Crippen LogP contribution in [-0.4, -0.2) is 40.4 Å². The van der Waals surface area contributed by atoms with Gasteiger partial charge in [0.25, 0.3) is 0 Å². The number of anilines is 1. The molecular weight excluding hydrogens is 258 g/mol. The van der Waals surface area contributed by atoms with E-state index in [0.29, 0.717) is 17.8 Å². The van der Waals surface area contributed by atoms with Crippen molar-refractivity contribution < 1.29 is 4.92 Å². The fourth-order valence-corrected chi connectivity index (χ4v) is 3.46. The minimum atomic E-state index is -0.334. The summed E-state index contributed by atoms with van der Waals surface area (Å²) in [5, 5.41) is 19.0. The van der Waals surface area contributed by atoms with Crippen molar-refractivity contribution in [3.05, 3.63) is 16.3 Å². The molecule has 3 rings (SSSR count). The Morgan fingerprint density at radius 3 is 3.00 bits per heavy atom. The normalized spacial score (nSPS) is 26.9. The van der Waals surface area contributed by atoms with Gasteiger partial charge >= 0.3 is 5.69 Å². The standard InChI is InChI=1S/C13H21N5O2/c1-16-9-12(18(19)20)13(15-16)17-7-3-4-10(8-17)11-5-2-6-14-11/h9-11,14H,2-8H2,1H3. The number of hydrogen-bond acceptors (Lipinski definition) is 5. The fourth-order valence-electron chi connectivity index (χ4n) is 3.46. The topological polar surface area (TPSA) is 76.2 Å². The largest absolute Gasteiger partial charge is 0.349 e. The first-order chi connectivity index (χ1) is 9.65. The van der Waals surface area contributed by atoms with Crippen molar-refractivity contribution in [2.75, 3.05) is 24.5 Å². The highest BCUT2D eigenvalue weighted by molar-refractivity contribution is 5.57. The molecular formula is C13H21N5O2. The number of nitro groups is 1. The quantitative estimate of drug-likeness (QED) is 0.666. The molecule has 2 aliphatic rings. The third kappa shape index (κ3) is 2.49. The number of hydrogen-bond donors (Lipinski definition) is 1. The average Bonchev–Trinajstić information content (AvgIpc) is 3.07. The summed E-state index contributed by atoms with van der Waals surface area (Å²) in [4.78, 5) is 12.9. The molecule has 7 heteroatoms. The van der Waals surface area contributed by atoms with Crippen LogP contribution >= 0.6 is 0 Å². The van der Waals surface area contributed by atoms with Gasteiger partial charge < -0.3 is 10.2 Å². The number of nitrogens with one attached hydrogen (secondary N) is 1. The number of aryl methyl sites for hydroxylation is 1. The molecule has 0 amide bonds. The van der Waals surface area contributed by atoms with Crippen LogP contribution in [0.5, 0.6) is 0 Å². The third-order valence-corrected chi connectivity index (χ3v) is 4.41. The van der Waals surface area contributed by atoms with E-state index in [-0.39, 0.29) is 10.6 Å². The van der Waals surface area contributed by atoms with Crippen LogP contribution in [0.1, 0.15) is 25.7 Å². The molecule has 0 aromatic carbocycles. The van der Waals surface area contributed by atoms with Crippen LogP contribution in [0.3, 0.4) is 0 Å². The predicted octanol–water partition coefficient (Wildman–Crippen LogP) is 1.30. The van der Waals surface area contributed by atoms with E-state index in [0.717, 1.165) is 26.1 Å². The van der Waals surface area contributed by atoms with E-state index >= 15 is 0 Å². The molecule has 1 aromatic rings. The molecule has 0 spiro atoms. The third-order valence-electron chi connectivity index (χ3n) is 4.41. The average molecular weight is 279 g/mol. The second-order valence-electron chi connectivity index (χ2n) is 5.82. The van der Waals surface area contributed by atoms with Crippen LogP contribution in [-0.2, 0) is 7.05 Å². The summed E-state index contributed by atoms with van der Waals surface area (Å²) in [7, 11) is 1.73. The molecule has 2 atom stereocenters. The van der Waals surface area contributed by atoms with E-state index in [1.807, 2.05) is 0 Å². The summed E-state index contributed by atoms with van der Waals surface area (Å²) in [6, 6.07) is 0.570. The maximum absolute atomic E-state index is 11.1. The van der Waals surface area contributed by atoms with Gasteiger partial charge in [-0.1, -0.05) is 0 Å². The van der Waals surface area contributed by atoms with Crippen LogP contribution in [0.25, 0.3) is 0 Å². The van der Waals surface area contributed by atoms with E-state index in [1.165, 1.54) is 30.1 Å². The molecule has 0 aliphatic carbocycles. The monoisotopic (exact) mass is 279 g/mol. The molecule has 0 saturated carbocycles. The first-order valence-corrected chi connectivity index (χ1v) is 7.31. The second kappa shape index (κ2) is 5.40. The molecule has 0 radical (unpaired) electrons. The summed E-state index contributed by atoms with van der Waals surface area (Å²) in [6.07, 6.45) is 6.24. The number of rotatable bonds is 3. The maximum atomic E-state index is 11.1. The van der Waals surface area contributed by atoms with Gasteiger partial charge in [0.05, 0.1) is 4.92 Å². The Morgan fingerprint density at radius 2 is 2.30 bits per heavy atom. The number of aromatic nitrogens is 2. The Hall–Kier alpha value is -1.63. The van der Waals surface area contributed by atoms with E-state index in [4.69, 9.17) is 0 Å². The van der Waals surface area contributed by atoms with Gasteiger partial charge in [-0.05, 0) is 38.1 Å². The summed E-state index contributed by atoms with van der Waals surface area (Å²) in [6.45, 7) is 2.83. The van der Waals surface area contributed by atoms with E-state index in [2.05, 4.69) is 15.3 Å². The van der Waals surface area contributed by atoms with Gasteiger partial charge in [-0.2, -0.15) is 0 Å². The lowest BCUT2D eigenvalue weighted by Crippen LogP contribution is -2.43. The van der Waals surface area contributed by atoms with Gasteiger partial charge in [-0.3, -0.25) is 14.8 Å². The molecule has 2 fully saturated rings. The highest BCUT2D eigenvalue weighted by atomic mass is 16.6. The Kier molecular flexibility index (Phi) is 3.60. The first-order valence-electron chi connectivity index (χ1n) is 7.31. The molecule has 7 nitrogen and oxygen atoms in total.